The smallest absolute Gasteiger partial charge is 0.265 e. The van der Waals surface area contributed by atoms with Gasteiger partial charge >= 0.3 is 0 Å². The van der Waals surface area contributed by atoms with Crippen molar-refractivity contribution in [3.05, 3.63) is 23.8 Å². The van der Waals surface area contributed by atoms with Gasteiger partial charge in [-0.3, -0.25) is 19.3 Å². The fourth-order valence-corrected chi connectivity index (χ4v) is 2.40. The van der Waals surface area contributed by atoms with Crippen LogP contribution in [0.1, 0.15) is 44.5 Å². The van der Waals surface area contributed by atoms with Gasteiger partial charge in [0.1, 0.15) is 11.8 Å². The molecule has 0 spiro atoms. The minimum atomic E-state index is -0.679. The zero-order valence-electron chi connectivity index (χ0n) is 13.9. The van der Waals surface area contributed by atoms with E-state index in [1.165, 1.54) is 11.8 Å². The van der Waals surface area contributed by atoms with Crippen LogP contribution in [0, 0.1) is 0 Å². The summed E-state index contributed by atoms with van der Waals surface area (Å²) < 4.78 is 5.40. The Morgan fingerprint density at radius 3 is 2.65 bits per heavy atom. The van der Waals surface area contributed by atoms with Crippen molar-refractivity contribution in [1.29, 1.82) is 0 Å². The molecular weight excluding hydrogens is 296 g/mol. The van der Waals surface area contributed by atoms with Crippen LogP contribution < -0.4 is 15.0 Å². The molecule has 1 aromatic carbocycles. The Labute approximate surface area is 135 Å². The zero-order chi connectivity index (χ0) is 17.1. The normalized spacial score (nSPS) is 16.2. The van der Waals surface area contributed by atoms with Crippen LogP contribution in [0.25, 0.3) is 0 Å². The number of Topliss-reactive ketones (excluding diaryl/α,β-unsaturated/α-hetero) is 1. The zero-order valence-corrected chi connectivity index (χ0v) is 13.9. The Morgan fingerprint density at radius 2 is 2.04 bits per heavy atom. The van der Waals surface area contributed by atoms with Crippen LogP contribution in [0.5, 0.6) is 5.75 Å². The molecule has 2 atom stereocenters. The highest BCUT2D eigenvalue weighted by Gasteiger charge is 2.33. The second-order valence-electron chi connectivity index (χ2n) is 5.78. The average Bonchev–Trinajstić information content (AvgIpc) is 2.53. The van der Waals surface area contributed by atoms with Crippen molar-refractivity contribution in [3.63, 3.8) is 0 Å². The van der Waals surface area contributed by atoms with Gasteiger partial charge in [-0.2, -0.15) is 0 Å². The number of rotatable bonds is 5. The molecule has 2 unspecified atom stereocenters. The number of nitrogens with zero attached hydrogens (tertiary/aromatic N) is 1. The van der Waals surface area contributed by atoms with E-state index in [1.54, 1.807) is 25.1 Å². The van der Waals surface area contributed by atoms with Gasteiger partial charge in [0.15, 0.2) is 12.4 Å². The van der Waals surface area contributed by atoms with Crippen LogP contribution >= 0.6 is 0 Å². The molecule has 6 nitrogen and oxygen atoms in total. The lowest BCUT2D eigenvalue weighted by molar-refractivity contribution is -0.127. The summed E-state index contributed by atoms with van der Waals surface area (Å²) in [5.74, 6) is -0.140. The molecule has 0 bridgehead atoms. The Kier molecular flexibility index (Phi) is 5.03. The number of benzene rings is 1. The van der Waals surface area contributed by atoms with Crippen LogP contribution in [-0.4, -0.2) is 36.3 Å². The van der Waals surface area contributed by atoms with Crippen molar-refractivity contribution in [2.45, 2.75) is 46.2 Å². The van der Waals surface area contributed by atoms with Gasteiger partial charge in [0.2, 0.25) is 5.91 Å². The van der Waals surface area contributed by atoms with Crippen LogP contribution in [0.3, 0.4) is 0 Å². The molecule has 2 amide bonds. The van der Waals surface area contributed by atoms with E-state index in [1.807, 2.05) is 13.8 Å². The number of ether oxygens (including phenoxy) is 1. The van der Waals surface area contributed by atoms with Crippen molar-refractivity contribution in [1.82, 2.24) is 5.32 Å². The molecule has 1 N–H and O–H groups in total. The van der Waals surface area contributed by atoms with Crippen LogP contribution in [0.2, 0.25) is 0 Å². The number of carbonyl (C=O) groups is 3. The monoisotopic (exact) mass is 318 g/mol. The maximum Gasteiger partial charge on any atom is 0.265 e. The summed E-state index contributed by atoms with van der Waals surface area (Å²) in [4.78, 5) is 37.6. The lowest BCUT2D eigenvalue weighted by Crippen LogP contribution is -2.52. The summed E-state index contributed by atoms with van der Waals surface area (Å²) in [5, 5.41) is 2.87. The highest BCUT2D eigenvalue weighted by molar-refractivity contribution is 6.05. The molecule has 1 aliphatic rings. The standard InChI is InChI=1S/C17H22N2O4/c1-5-10(2)18-17(22)11(3)19-14-8-13(12(4)20)6-7-15(14)23-9-16(19)21/h6-8,10-11H,5,9H2,1-4H3,(H,18,22). The summed E-state index contributed by atoms with van der Waals surface area (Å²) in [6.07, 6.45) is 0.806. The first-order chi connectivity index (χ1) is 10.8. The van der Waals surface area contributed by atoms with Gasteiger partial charge in [0, 0.05) is 11.6 Å². The van der Waals surface area contributed by atoms with Crippen molar-refractivity contribution in [2.24, 2.45) is 0 Å². The molecule has 0 fully saturated rings. The Hall–Kier alpha value is -2.37. The van der Waals surface area contributed by atoms with Gasteiger partial charge in [0.25, 0.3) is 5.91 Å². The first kappa shape index (κ1) is 17.0. The molecule has 23 heavy (non-hydrogen) atoms. The first-order valence-electron chi connectivity index (χ1n) is 7.75. The van der Waals surface area contributed by atoms with Crippen LogP contribution in [-0.2, 0) is 9.59 Å². The van der Waals surface area contributed by atoms with Crippen LogP contribution in [0.15, 0.2) is 18.2 Å². The van der Waals surface area contributed by atoms with Gasteiger partial charge in [-0.25, -0.2) is 0 Å². The van der Waals surface area contributed by atoms with E-state index in [2.05, 4.69) is 5.32 Å². The molecule has 124 valence electrons. The fourth-order valence-electron chi connectivity index (χ4n) is 2.40. The number of hydrogen-bond acceptors (Lipinski definition) is 4. The molecule has 0 aromatic heterocycles. The van der Waals surface area contributed by atoms with Crippen LogP contribution in [0.4, 0.5) is 5.69 Å². The first-order valence-corrected chi connectivity index (χ1v) is 7.75. The molecule has 1 aromatic rings. The lowest BCUT2D eigenvalue weighted by atomic mass is 10.1. The largest absolute Gasteiger partial charge is 0.482 e. The number of carbonyl (C=O) groups excluding carboxylic acids is 3. The van der Waals surface area contributed by atoms with E-state index < -0.39 is 6.04 Å². The number of hydrogen-bond donors (Lipinski definition) is 1. The van der Waals surface area contributed by atoms with Gasteiger partial charge < -0.3 is 10.1 Å². The lowest BCUT2D eigenvalue weighted by Gasteiger charge is -2.34. The molecule has 0 saturated carbocycles. The maximum absolute atomic E-state index is 12.4. The Balaban J connectivity index is 2.35. The summed E-state index contributed by atoms with van der Waals surface area (Å²) in [6, 6.07) is 4.26. The van der Waals surface area contributed by atoms with Gasteiger partial charge in [-0.1, -0.05) is 6.92 Å². The summed E-state index contributed by atoms with van der Waals surface area (Å²) >= 11 is 0. The topological polar surface area (TPSA) is 75.7 Å². The fraction of sp³-hybridized carbons (Fsp3) is 0.471. The number of amides is 2. The van der Waals surface area contributed by atoms with Gasteiger partial charge in [0.05, 0.1) is 5.69 Å². The highest BCUT2D eigenvalue weighted by atomic mass is 16.5. The van der Waals surface area contributed by atoms with Crippen molar-refractivity contribution < 1.29 is 19.1 Å². The van der Waals surface area contributed by atoms with Crippen molar-refractivity contribution in [3.8, 4) is 5.75 Å². The maximum atomic E-state index is 12.4. The van der Waals surface area contributed by atoms with E-state index >= 15 is 0 Å². The third-order valence-electron chi connectivity index (χ3n) is 4.01. The number of ketones is 1. The summed E-state index contributed by atoms with van der Waals surface area (Å²) in [5.41, 5.74) is 0.933. The molecule has 6 heteroatoms. The quantitative estimate of drug-likeness (QED) is 0.842. The van der Waals surface area contributed by atoms with E-state index in [0.29, 0.717) is 17.0 Å². The molecule has 1 heterocycles. The van der Waals surface area contributed by atoms with Crippen molar-refractivity contribution >= 4 is 23.3 Å². The van der Waals surface area contributed by atoms with E-state index in [-0.39, 0.29) is 30.2 Å². The van der Waals surface area contributed by atoms with E-state index in [9.17, 15) is 14.4 Å². The second-order valence-corrected chi connectivity index (χ2v) is 5.78. The summed E-state index contributed by atoms with van der Waals surface area (Å²) in [7, 11) is 0. The summed E-state index contributed by atoms with van der Waals surface area (Å²) in [6.45, 7) is 6.90. The third-order valence-corrected chi connectivity index (χ3v) is 4.01. The van der Waals surface area contributed by atoms with E-state index in [0.717, 1.165) is 6.42 Å². The predicted molar refractivity (Wildman–Crippen MR) is 86.8 cm³/mol. The van der Waals surface area contributed by atoms with Gasteiger partial charge in [-0.15, -0.1) is 0 Å². The molecule has 2 rings (SSSR count). The molecule has 0 aliphatic carbocycles. The minimum absolute atomic E-state index is 0.0316. The Bertz CT molecular complexity index is 641. The molecule has 0 radical (unpaired) electrons. The predicted octanol–water partition coefficient (Wildman–Crippen LogP) is 1.92. The minimum Gasteiger partial charge on any atom is -0.482 e. The number of fused-ring (bicyclic) bond motifs is 1. The SMILES string of the molecule is CCC(C)NC(=O)C(C)N1C(=O)COc2ccc(C(C)=O)cc21. The Morgan fingerprint density at radius 1 is 1.35 bits per heavy atom. The van der Waals surface area contributed by atoms with Crippen molar-refractivity contribution in [2.75, 3.05) is 11.5 Å². The molecule has 1 aliphatic heterocycles. The average molecular weight is 318 g/mol. The number of anilines is 1. The molecule has 0 saturated heterocycles. The highest BCUT2D eigenvalue weighted by Crippen LogP contribution is 2.34. The second kappa shape index (κ2) is 6.81. The third kappa shape index (κ3) is 3.52. The molecular formula is C17H22N2O4. The van der Waals surface area contributed by atoms with Gasteiger partial charge in [-0.05, 0) is 45.4 Å². The number of nitrogens with one attached hydrogen (secondary N) is 1. The van der Waals surface area contributed by atoms with E-state index in [4.69, 9.17) is 4.74 Å².